The van der Waals surface area contributed by atoms with Crippen molar-refractivity contribution in [3.63, 3.8) is 0 Å². The van der Waals surface area contributed by atoms with E-state index in [2.05, 4.69) is 4.90 Å². The number of fused-ring (bicyclic) bond motifs is 2. The second-order valence-corrected chi connectivity index (χ2v) is 5.63. The summed E-state index contributed by atoms with van der Waals surface area (Å²) in [6.45, 7) is 1.93. The van der Waals surface area contributed by atoms with Crippen molar-refractivity contribution in [2.75, 3.05) is 18.0 Å². The number of halogens is 1. The maximum Gasteiger partial charge on any atom is 0.150 e. The summed E-state index contributed by atoms with van der Waals surface area (Å²) in [6, 6.07) is 4.79. The quantitative estimate of drug-likeness (QED) is 0.748. The standard InChI is InChI=1S/C15H18FNO/c16-14-7-13(10-18)4-5-15(14)17-8-11-2-1-3-12(6-11)9-17/h4-5,7,10-12H,1-3,6,8-9H2. The molecule has 2 unspecified atom stereocenters. The van der Waals surface area contributed by atoms with Crippen molar-refractivity contribution in [3.8, 4) is 0 Å². The van der Waals surface area contributed by atoms with Gasteiger partial charge in [-0.2, -0.15) is 0 Å². The number of rotatable bonds is 2. The van der Waals surface area contributed by atoms with Gasteiger partial charge in [0.1, 0.15) is 12.1 Å². The maximum atomic E-state index is 14.0. The Kier molecular flexibility index (Phi) is 3.06. The zero-order valence-electron chi connectivity index (χ0n) is 10.4. The van der Waals surface area contributed by atoms with E-state index < -0.39 is 0 Å². The Hall–Kier alpha value is -1.38. The van der Waals surface area contributed by atoms with Crippen LogP contribution < -0.4 is 4.90 Å². The van der Waals surface area contributed by atoms with E-state index in [0.29, 0.717) is 17.5 Å². The molecule has 18 heavy (non-hydrogen) atoms. The number of hydrogen-bond donors (Lipinski definition) is 0. The lowest BCUT2D eigenvalue weighted by atomic mass is 9.78. The molecular formula is C15H18FNO. The minimum Gasteiger partial charge on any atom is -0.369 e. The maximum absolute atomic E-state index is 14.0. The highest BCUT2D eigenvalue weighted by Crippen LogP contribution is 2.36. The van der Waals surface area contributed by atoms with Crippen LogP contribution in [0.4, 0.5) is 10.1 Å². The molecular weight excluding hydrogens is 229 g/mol. The molecule has 1 aliphatic carbocycles. The molecule has 0 N–H and O–H groups in total. The predicted molar refractivity (Wildman–Crippen MR) is 69.4 cm³/mol. The van der Waals surface area contributed by atoms with Crippen LogP contribution in [0.2, 0.25) is 0 Å². The molecule has 1 aliphatic heterocycles. The van der Waals surface area contributed by atoms with Gasteiger partial charge in [0.25, 0.3) is 0 Å². The molecule has 3 rings (SSSR count). The third-order valence-corrected chi connectivity index (χ3v) is 4.30. The van der Waals surface area contributed by atoms with E-state index in [1.807, 2.05) is 0 Å². The van der Waals surface area contributed by atoms with E-state index in [1.54, 1.807) is 12.1 Å². The monoisotopic (exact) mass is 247 g/mol. The molecule has 0 amide bonds. The van der Waals surface area contributed by atoms with Crippen LogP contribution in [0.5, 0.6) is 0 Å². The number of benzene rings is 1. The fraction of sp³-hybridized carbons (Fsp3) is 0.533. The van der Waals surface area contributed by atoms with Gasteiger partial charge in [-0.3, -0.25) is 4.79 Å². The largest absolute Gasteiger partial charge is 0.369 e. The van der Waals surface area contributed by atoms with Crippen molar-refractivity contribution < 1.29 is 9.18 Å². The van der Waals surface area contributed by atoms with E-state index in [9.17, 15) is 9.18 Å². The van der Waals surface area contributed by atoms with Gasteiger partial charge in [-0.25, -0.2) is 4.39 Å². The van der Waals surface area contributed by atoms with E-state index in [-0.39, 0.29) is 5.82 Å². The summed E-state index contributed by atoms with van der Waals surface area (Å²) in [4.78, 5) is 12.8. The number of anilines is 1. The number of carbonyl (C=O) groups excluding carboxylic acids is 1. The Morgan fingerprint density at radius 3 is 2.56 bits per heavy atom. The van der Waals surface area contributed by atoms with E-state index in [1.165, 1.54) is 31.7 Å². The Morgan fingerprint density at radius 2 is 1.94 bits per heavy atom. The molecule has 1 heterocycles. The molecule has 1 saturated carbocycles. The van der Waals surface area contributed by atoms with Crippen molar-refractivity contribution >= 4 is 12.0 Å². The lowest BCUT2D eigenvalue weighted by Gasteiger charge is -2.42. The Morgan fingerprint density at radius 1 is 1.22 bits per heavy atom. The average molecular weight is 247 g/mol. The first-order chi connectivity index (χ1) is 8.76. The van der Waals surface area contributed by atoms with Crippen LogP contribution in [0, 0.1) is 17.7 Å². The van der Waals surface area contributed by atoms with Gasteiger partial charge in [-0.05, 0) is 49.3 Å². The molecule has 2 nitrogen and oxygen atoms in total. The third-order valence-electron chi connectivity index (χ3n) is 4.30. The Bertz CT molecular complexity index is 448. The van der Waals surface area contributed by atoms with Crippen molar-refractivity contribution in [2.24, 2.45) is 11.8 Å². The lowest BCUT2D eigenvalue weighted by Crippen LogP contribution is -2.43. The first-order valence-electron chi connectivity index (χ1n) is 6.76. The first kappa shape index (κ1) is 11.7. The topological polar surface area (TPSA) is 20.3 Å². The van der Waals surface area contributed by atoms with Crippen molar-refractivity contribution in [1.82, 2.24) is 0 Å². The lowest BCUT2D eigenvalue weighted by molar-refractivity contribution is 0.112. The van der Waals surface area contributed by atoms with Gasteiger partial charge >= 0.3 is 0 Å². The predicted octanol–water partition coefficient (Wildman–Crippen LogP) is 3.26. The average Bonchev–Trinajstić information content (AvgIpc) is 2.38. The molecule has 0 aromatic heterocycles. The van der Waals surface area contributed by atoms with E-state index in [0.717, 1.165) is 24.9 Å². The van der Waals surface area contributed by atoms with E-state index >= 15 is 0 Å². The minimum atomic E-state index is -0.264. The van der Waals surface area contributed by atoms with E-state index in [4.69, 9.17) is 0 Å². The van der Waals surface area contributed by atoms with Crippen LogP contribution in [0.15, 0.2) is 18.2 Å². The second kappa shape index (κ2) is 4.71. The number of hydrogen-bond acceptors (Lipinski definition) is 2. The summed E-state index contributed by atoms with van der Waals surface area (Å²) < 4.78 is 14.0. The highest BCUT2D eigenvalue weighted by molar-refractivity contribution is 5.76. The summed E-state index contributed by atoms with van der Waals surface area (Å²) >= 11 is 0. The van der Waals surface area contributed by atoms with Crippen LogP contribution in [-0.2, 0) is 0 Å². The van der Waals surface area contributed by atoms with Gasteiger partial charge in [-0.1, -0.05) is 6.42 Å². The SMILES string of the molecule is O=Cc1ccc(N2CC3CCCC(C3)C2)c(F)c1. The van der Waals surface area contributed by atoms with Gasteiger partial charge in [0.2, 0.25) is 0 Å². The zero-order chi connectivity index (χ0) is 12.5. The Balaban J connectivity index is 1.84. The summed E-state index contributed by atoms with van der Waals surface area (Å²) in [7, 11) is 0. The molecule has 2 fully saturated rings. The fourth-order valence-corrected chi connectivity index (χ4v) is 3.48. The van der Waals surface area contributed by atoms with Crippen LogP contribution in [0.3, 0.4) is 0 Å². The summed E-state index contributed by atoms with van der Waals surface area (Å²) in [5.41, 5.74) is 1.07. The fourth-order valence-electron chi connectivity index (χ4n) is 3.48. The van der Waals surface area contributed by atoms with Crippen LogP contribution >= 0.6 is 0 Å². The highest BCUT2D eigenvalue weighted by Gasteiger charge is 2.31. The van der Waals surface area contributed by atoms with Gasteiger partial charge in [0.05, 0.1) is 5.69 Å². The van der Waals surface area contributed by atoms with Gasteiger partial charge < -0.3 is 4.90 Å². The normalized spacial score (nSPS) is 27.1. The summed E-state index contributed by atoms with van der Waals surface area (Å²) in [6.07, 6.45) is 5.89. The number of aldehydes is 1. The molecule has 3 heteroatoms. The van der Waals surface area contributed by atoms with Crippen molar-refractivity contribution in [3.05, 3.63) is 29.6 Å². The third kappa shape index (κ3) is 2.14. The zero-order valence-corrected chi connectivity index (χ0v) is 10.4. The van der Waals surface area contributed by atoms with Crippen LogP contribution in [0.25, 0.3) is 0 Å². The Labute approximate surface area is 107 Å². The van der Waals surface area contributed by atoms with Crippen LogP contribution in [0.1, 0.15) is 36.0 Å². The molecule has 0 radical (unpaired) electrons. The van der Waals surface area contributed by atoms with Crippen LogP contribution in [-0.4, -0.2) is 19.4 Å². The first-order valence-corrected chi connectivity index (χ1v) is 6.76. The molecule has 1 aromatic rings. The molecule has 1 aromatic carbocycles. The van der Waals surface area contributed by atoms with Gasteiger partial charge in [0, 0.05) is 18.7 Å². The van der Waals surface area contributed by atoms with Crippen molar-refractivity contribution in [2.45, 2.75) is 25.7 Å². The van der Waals surface area contributed by atoms with Crippen molar-refractivity contribution in [1.29, 1.82) is 0 Å². The highest BCUT2D eigenvalue weighted by atomic mass is 19.1. The number of piperidine rings is 1. The molecule has 2 aliphatic rings. The molecule has 0 spiro atoms. The summed E-state index contributed by atoms with van der Waals surface area (Å²) in [5.74, 6) is 1.19. The number of carbonyl (C=O) groups is 1. The summed E-state index contributed by atoms with van der Waals surface area (Å²) in [5, 5.41) is 0. The molecule has 2 bridgehead atoms. The van der Waals surface area contributed by atoms with Gasteiger partial charge in [-0.15, -0.1) is 0 Å². The second-order valence-electron chi connectivity index (χ2n) is 5.63. The smallest absolute Gasteiger partial charge is 0.150 e. The minimum absolute atomic E-state index is 0.264. The van der Waals surface area contributed by atoms with Gasteiger partial charge in [0.15, 0.2) is 0 Å². The molecule has 2 atom stereocenters. The number of nitrogens with zero attached hydrogens (tertiary/aromatic N) is 1. The molecule has 1 saturated heterocycles. The molecule has 96 valence electrons.